The topological polar surface area (TPSA) is 112 Å². The van der Waals surface area contributed by atoms with Crippen LogP contribution in [0.2, 0.25) is 0 Å². The molecule has 8 heteroatoms. The first kappa shape index (κ1) is 19.5. The van der Waals surface area contributed by atoms with Crippen molar-refractivity contribution in [2.45, 2.75) is 18.9 Å². The molecule has 2 heterocycles. The Morgan fingerprint density at radius 1 is 1.13 bits per heavy atom. The summed E-state index contributed by atoms with van der Waals surface area (Å²) >= 11 is 0. The molecular formula is C22H20N2O6. The minimum Gasteiger partial charge on any atom is -0.484 e. The molecule has 0 radical (unpaired) electrons. The van der Waals surface area contributed by atoms with E-state index in [0.29, 0.717) is 35.4 Å². The zero-order valence-corrected chi connectivity index (χ0v) is 16.1. The van der Waals surface area contributed by atoms with Crippen LogP contribution >= 0.6 is 0 Å². The fraction of sp³-hybridized carbons (Fsp3) is 0.227. The summed E-state index contributed by atoms with van der Waals surface area (Å²) in [5, 5.41) is 0.329. The summed E-state index contributed by atoms with van der Waals surface area (Å²) in [6.45, 7) is 0.237. The molecule has 1 saturated heterocycles. The maximum Gasteiger partial charge on any atom is 0.261 e. The summed E-state index contributed by atoms with van der Waals surface area (Å²) in [7, 11) is 0. The maximum atomic E-state index is 12.7. The number of likely N-dealkylation sites (tertiary alicyclic amines) is 1. The summed E-state index contributed by atoms with van der Waals surface area (Å²) in [6.07, 6.45) is 2.54. The van der Waals surface area contributed by atoms with Gasteiger partial charge in [-0.15, -0.1) is 0 Å². The van der Waals surface area contributed by atoms with E-state index in [2.05, 4.69) is 0 Å². The zero-order valence-electron chi connectivity index (χ0n) is 16.1. The lowest BCUT2D eigenvalue weighted by Gasteiger charge is -2.22. The van der Waals surface area contributed by atoms with Crippen molar-refractivity contribution >= 4 is 22.8 Å². The molecule has 0 unspecified atom stereocenters. The first-order chi connectivity index (χ1) is 14.5. The second kappa shape index (κ2) is 8.28. The van der Waals surface area contributed by atoms with Crippen molar-refractivity contribution in [2.24, 2.45) is 5.73 Å². The summed E-state index contributed by atoms with van der Waals surface area (Å²) in [5.41, 5.74) is 5.34. The highest BCUT2D eigenvalue weighted by atomic mass is 16.5. The van der Waals surface area contributed by atoms with Crippen LogP contribution in [0.1, 0.15) is 12.8 Å². The highest BCUT2D eigenvalue weighted by Crippen LogP contribution is 2.24. The zero-order chi connectivity index (χ0) is 21.1. The Bertz CT molecular complexity index is 1140. The number of nitrogens with zero attached hydrogens (tertiary/aromatic N) is 1. The lowest BCUT2D eigenvalue weighted by molar-refractivity contribution is -0.138. The lowest BCUT2D eigenvalue weighted by Crippen LogP contribution is -2.45. The molecule has 1 atom stereocenters. The number of ether oxygens (including phenoxy) is 2. The van der Waals surface area contributed by atoms with Crippen molar-refractivity contribution in [1.82, 2.24) is 4.90 Å². The van der Waals surface area contributed by atoms with Gasteiger partial charge in [0.2, 0.25) is 17.1 Å². The summed E-state index contributed by atoms with van der Waals surface area (Å²) < 4.78 is 16.7. The van der Waals surface area contributed by atoms with Gasteiger partial charge < -0.3 is 24.5 Å². The van der Waals surface area contributed by atoms with E-state index in [0.717, 1.165) is 6.42 Å². The Kier molecular flexibility index (Phi) is 5.38. The average molecular weight is 408 g/mol. The van der Waals surface area contributed by atoms with Gasteiger partial charge in [-0.25, -0.2) is 0 Å². The van der Waals surface area contributed by atoms with Crippen molar-refractivity contribution in [3.8, 4) is 17.2 Å². The fourth-order valence-corrected chi connectivity index (χ4v) is 3.46. The Balaban J connectivity index is 1.47. The Morgan fingerprint density at radius 2 is 1.93 bits per heavy atom. The highest BCUT2D eigenvalue weighted by Gasteiger charge is 2.32. The third-order valence-electron chi connectivity index (χ3n) is 4.95. The van der Waals surface area contributed by atoms with Gasteiger partial charge in [-0.3, -0.25) is 14.4 Å². The van der Waals surface area contributed by atoms with Crippen molar-refractivity contribution < 1.29 is 23.5 Å². The molecule has 30 heavy (non-hydrogen) atoms. The van der Waals surface area contributed by atoms with Crippen LogP contribution in [0.25, 0.3) is 11.0 Å². The van der Waals surface area contributed by atoms with Crippen LogP contribution in [-0.2, 0) is 9.59 Å². The summed E-state index contributed by atoms with van der Waals surface area (Å²) in [4.78, 5) is 37.9. The van der Waals surface area contributed by atoms with Gasteiger partial charge >= 0.3 is 0 Å². The third kappa shape index (κ3) is 3.98. The van der Waals surface area contributed by atoms with Gasteiger partial charge in [0.1, 0.15) is 29.4 Å². The minimum absolute atomic E-state index is 0.0732. The quantitative estimate of drug-likeness (QED) is 0.670. The van der Waals surface area contributed by atoms with Crippen LogP contribution in [0, 0.1) is 0 Å². The van der Waals surface area contributed by atoms with E-state index in [1.165, 1.54) is 17.2 Å². The maximum absolute atomic E-state index is 12.7. The van der Waals surface area contributed by atoms with Crippen LogP contribution in [0.4, 0.5) is 0 Å². The molecule has 0 spiro atoms. The normalized spacial score (nSPS) is 15.9. The number of para-hydroxylation sites is 1. The van der Waals surface area contributed by atoms with E-state index in [1.54, 1.807) is 36.4 Å². The SMILES string of the molecule is NC(=O)[C@@H]1CCCN1C(=O)COc1ccc2c(=O)c(Oc3ccccc3)coc2c1. The average Bonchev–Trinajstić information content (AvgIpc) is 3.25. The number of carbonyl (C=O) groups excluding carboxylic acids is 2. The molecule has 0 saturated carbocycles. The first-order valence-electron chi connectivity index (χ1n) is 9.53. The number of benzene rings is 2. The molecule has 4 rings (SSSR count). The van der Waals surface area contributed by atoms with Crippen LogP contribution in [-0.4, -0.2) is 35.9 Å². The number of fused-ring (bicyclic) bond motifs is 1. The number of nitrogens with two attached hydrogens (primary N) is 1. The molecule has 1 aromatic heterocycles. The number of carbonyl (C=O) groups is 2. The van der Waals surface area contributed by atoms with Crippen LogP contribution in [0.15, 0.2) is 64.0 Å². The van der Waals surface area contributed by atoms with Crippen LogP contribution in [0.3, 0.4) is 0 Å². The van der Waals surface area contributed by atoms with Gasteiger partial charge in [0, 0.05) is 12.6 Å². The molecule has 1 fully saturated rings. The van der Waals surface area contributed by atoms with Gasteiger partial charge in [0.15, 0.2) is 6.61 Å². The second-order valence-electron chi connectivity index (χ2n) is 6.94. The Morgan fingerprint density at radius 3 is 2.70 bits per heavy atom. The first-order valence-corrected chi connectivity index (χ1v) is 9.53. The monoisotopic (exact) mass is 408 g/mol. The van der Waals surface area contributed by atoms with Gasteiger partial charge in [-0.05, 0) is 37.1 Å². The largest absolute Gasteiger partial charge is 0.484 e. The molecule has 2 aromatic carbocycles. The molecule has 154 valence electrons. The molecule has 8 nitrogen and oxygen atoms in total. The number of hydrogen-bond donors (Lipinski definition) is 1. The smallest absolute Gasteiger partial charge is 0.261 e. The van der Waals surface area contributed by atoms with E-state index < -0.39 is 11.9 Å². The predicted molar refractivity (Wildman–Crippen MR) is 108 cm³/mol. The van der Waals surface area contributed by atoms with Crippen molar-refractivity contribution in [1.29, 1.82) is 0 Å². The molecule has 2 N–H and O–H groups in total. The van der Waals surface area contributed by atoms with Crippen LogP contribution < -0.4 is 20.6 Å². The molecule has 3 aromatic rings. The van der Waals surface area contributed by atoms with E-state index in [4.69, 9.17) is 19.6 Å². The van der Waals surface area contributed by atoms with E-state index >= 15 is 0 Å². The van der Waals surface area contributed by atoms with E-state index in [9.17, 15) is 14.4 Å². The number of amides is 2. The lowest BCUT2D eigenvalue weighted by atomic mass is 10.2. The van der Waals surface area contributed by atoms with Gasteiger partial charge in [0.05, 0.1) is 5.39 Å². The second-order valence-corrected chi connectivity index (χ2v) is 6.94. The number of rotatable bonds is 6. The molecule has 1 aliphatic heterocycles. The Hall–Kier alpha value is -3.81. The van der Waals surface area contributed by atoms with E-state index in [-0.39, 0.29) is 23.7 Å². The summed E-state index contributed by atoms with van der Waals surface area (Å²) in [6, 6.07) is 13.0. The molecule has 0 aliphatic carbocycles. The van der Waals surface area contributed by atoms with Gasteiger partial charge in [-0.1, -0.05) is 18.2 Å². The fourth-order valence-electron chi connectivity index (χ4n) is 3.46. The third-order valence-corrected chi connectivity index (χ3v) is 4.95. The summed E-state index contributed by atoms with van der Waals surface area (Å²) in [5.74, 6) is 0.139. The van der Waals surface area contributed by atoms with Crippen molar-refractivity contribution in [3.63, 3.8) is 0 Å². The minimum atomic E-state index is -0.584. The van der Waals surface area contributed by atoms with Crippen LogP contribution in [0.5, 0.6) is 17.2 Å². The predicted octanol–water partition coefficient (Wildman–Crippen LogP) is 2.44. The molecule has 1 aliphatic rings. The highest BCUT2D eigenvalue weighted by molar-refractivity contribution is 5.88. The molecular weight excluding hydrogens is 388 g/mol. The molecule has 0 bridgehead atoms. The number of primary amides is 1. The Labute approximate surface area is 171 Å². The standard InChI is InChI=1S/C22H20N2O6/c23-22(27)17-7-4-10-24(17)20(25)13-28-15-8-9-16-18(11-15)29-12-19(21(16)26)30-14-5-2-1-3-6-14/h1-3,5-6,8-9,11-12,17H,4,7,10,13H2,(H2,23,27)/t17-/m0/s1. The van der Waals surface area contributed by atoms with Gasteiger partial charge in [-0.2, -0.15) is 0 Å². The van der Waals surface area contributed by atoms with Crippen molar-refractivity contribution in [2.75, 3.05) is 13.2 Å². The molecule has 2 amide bonds. The van der Waals surface area contributed by atoms with Crippen molar-refractivity contribution in [3.05, 3.63) is 65.0 Å². The van der Waals surface area contributed by atoms with Gasteiger partial charge in [0.25, 0.3) is 5.91 Å². The number of hydrogen-bond acceptors (Lipinski definition) is 6. The van der Waals surface area contributed by atoms with E-state index in [1.807, 2.05) is 6.07 Å².